The third-order valence-corrected chi connectivity index (χ3v) is 5.57. The molecule has 0 fully saturated rings. The maximum absolute atomic E-state index is 4.82. The molecule has 3 heterocycles. The van der Waals surface area contributed by atoms with Crippen molar-refractivity contribution in [2.45, 2.75) is 13.8 Å². The van der Waals surface area contributed by atoms with E-state index in [0.717, 1.165) is 45.0 Å². The van der Waals surface area contributed by atoms with Gasteiger partial charge in [-0.15, -0.1) is 0 Å². The van der Waals surface area contributed by atoms with Crippen molar-refractivity contribution in [1.29, 1.82) is 0 Å². The summed E-state index contributed by atoms with van der Waals surface area (Å²) >= 11 is 0. The van der Waals surface area contributed by atoms with E-state index in [2.05, 4.69) is 84.5 Å². The van der Waals surface area contributed by atoms with Crippen molar-refractivity contribution in [2.75, 3.05) is 0 Å². The number of benzene rings is 2. The van der Waals surface area contributed by atoms with Crippen molar-refractivity contribution in [3.8, 4) is 45.0 Å². The summed E-state index contributed by atoms with van der Waals surface area (Å²) < 4.78 is 0. The molecule has 0 aliphatic rings. The first kappa shape index (κ1) is 19.8. The molecule has 3 heteroatoms. The van der Waals surface area contributed by atoms with E-state index < -0.39 is 0 Å². The van der Waals surface area contributed by atoms with Crippen molar-refractivity contribution in [1.82, 2.24) is 15.0 Å². The first-order valence-corrected chi connectivity index (χ1v) is 10.7. The number of nitrogens with zero attached hydrogens (tertiary/aromatic N) is 3. The molecule has 32 heavy (non-hydrogen) atoms. The highest BCUT2D eigenvalue weighted by molar-refractivity contribution is 5.68. The number of rotatable bonds is 4. The normalized spacial score (nSPS) is 10.8. The Hall–Kier alpha value is -4.11. The van der Waals surface area contributed by atoms with Gasteiger partial charge in [0.25, 0.3) is 0 Å². The molecule has 154 valence electrons. The summed E-state index contributed by atoms with van der Waals surface area (Å²) in [6, 6.07) is 31.2. The summed E-state index contributed by atoms with van der Waals surface area (Å²) in [6.45, 7) is 4.18. The van der Waals surface area contributed by atoms with Crippen molar-refractivity contribution in [3.63, 3.8) is 0 Å². The summed E-state index contributed by atoms with van der Waals surface area (Å²) in [5.41, 5.74) is 10.4. The van der Waals surface area contributed by atoms with E-state index in [1.165, 1.54) is 11.1 Å². The van der Waals surface area contributed by atoms with Gasteiger partial charge in [0, 0.05) is 23.5 Å². The lowest BCUT2D eigenvalue weighted by atomic mass is 10.1. The van der Waals surface area contributed by atoms with Crippen LogP contribution in [0.25, 0.3) is 45.0 Å². The highest BCUT2D eigenvalue weighted by Gasteiger charge is 2.07. The molecular weight excluding hydrogens is 390 g/mol. The number of pyridine rings is 3. The molecule has 0 spiro atoms. The van der Waals surface area contributed by atoms with Crippen molar-refractivity contribution < 1.29 is 0 Å². The zero-order chi connectivity index (χ0) is 21.9. The largest absolute Gasteiger partial charge is 0.254 e. The molecule has 0 N–H and O–H groups in total. The number of aromatic nitrogens is 3. The van der Waals surface area contributed by atoms with Crippen LogP contribution in [0.3, 0.4) is 0 Å². The van der Waals surface area contributed by atoms with Gasteiger partial charge in [0.05, 0.1) is 22.8 Å². The fraction of sp³-hybridized carbons (Fsp3) is 0.0690. The molecule has 0 saturated carbocycles. The molecule has 0 amide bonds. The summed E-state index contributed by atoms with van der Waals surface area (Å²) in [6.07, 6.45) is 3.81. The molecule has 5 aromatic rings. The van der Waals surface area contributed by atoms with Gasteiger partial charge in [-0.25, -0.2) is 4.98 Å². The number of hydrogen-bond acceptors (Lipinski definition) is 3. The second kappa shape index (κ2) is 8.56. The lowest BCUT2D eigenvalue weighted by molar-refractivity contribution is 1.22. The van der Waals surface area contributed by atoms with Crippen LogP contribution in [-0.4, -0.2) is 15.0 Å². The Labute approximate surface area is 188 Å². The Bertz CT molecular complexity index is 1230. The molecule has 0 saturated heterocycles. The van der Waals surface area contributed by atoms with E-state index in [1.807, 2.05) is 42.7 Å². The summed E-state index contributed by atoms with van der Waals surface area (Å²) in [5, 5.41) is 0. The van der Waals surface area contributed by atoms with Crippen LogP contribution < -0.4 is 0 Å². The lowest BCUT2D eigenvalue weighted by Crippen LogP contribution is -1.92. The van der Waals surface area contributed by atoms with Crippen LogP contribution in [0.4, 0.5) is 0 Å². The average molecular weight is 414 g/mol. The number of hydrogen-bond donors (Lipinski definition) is 0. The molecule has 2 aromatic carbocycles. The van der Waals surface area contributed by atoms with Crippen LogP contribution in [-0.2, 0) is 0 Å². The number of aryl methyl sites for hydroxylation is 2. The van der Waals surface area contributed by atoms with Crippen molar-refractivity contribution in [3.05, 3.63) is 115 Å². The van der Waals surface area contributed by atoms with Gasteiger partial charge in [0.2, 0.25) is 0 Å². The topological polar surface area (TPSA) is 38.7 Å². The van der Waals surface area contributed by atoms with Crippen LogP contribution in [0.1, 0.15) is 11.1 Å². The van der Waals surface area contributed by atoms with Crippen molar-refractivity contribution >= 4 is 0 Å². The zero-order valence-electron chi connectivity index (χ0n) is 18.2. The standard InChI is InChI=1S/C29H23N3/c1-20-6-10-22(11-7-20)24-14-16-26(30-18-24)28-4-3-5-29(32-28)27-17-15-25(19-31-27)23-12-8-21(2)9-13-23/h3-19H,1-2H3. The Morgan fingerprint density at radius 1 is 0.406 bits per heavy atom. The Kier molecular flexibility index (Phi) is 5.30. The minimum atomic E-state index is 0.836. The molecule has 0 bridgehead atoms. The van der Waals surface area contributed by atoms with Crippen LogP contribution in [0.2, 0.25) is 0 Å². The van der Waals surface area contributed by atoms with Crippen molar-refractivity contribution in [2.24, 2.45) is 0 Å². The highest BCUT2D eigenvalue weighted by Crippen LogP contribution is 2.25. The molecule has 0 aliphatic carbocycles. The fourth-order valence-corrected chi connectivity index (χ4v) is 3.64. The Morgan fingerprint density at radius 3 is 1.19 bits per heavy atom. The highest BCUT2D eigenvalue weighted by atomic mass is 14.8. The molecule has 0 unspecified atom stereocenters. The predicted molar refractivity (Wildman–Crippen MR) is 131 cm³/mol. The molecule has 5 rings (SSSR count). The molecule has 3 aromatic heterocycles. The molecule has 0 aliphatic heterocycles. The van der Waals surface area contributed by atoms with Crippen LogP contribution in [0, 0.1) is 13.8 Å². The van der Waals surface area contributed by atoms with Crippen LogP contribution >= 0.6 is 0 Å². The third-order valence-electron chi connectivity index (χ3n) is 5.57. The first-order chi connectivity index (χ1) is 15.7. The smallest absolute Gasteiger partial charge is 0.0894 e. The van der Waals surface area contributed by atoms with Gasteiger partial charge in [-0.05, 0) is 49.2 Å². The van der Waals surface area contributed by atoms with Gasteiger partial charge in [0.15, 0.2) is 0 Å². The SMILES string of the molecule is Cc1ccc(-c2ccc(-c3cccc(-c4ccc(-c5ccc(C)cc5)cn4)n3)nc2)cc1. The van der Waals surface area contributed by atoms with Gasteiger partial charge in [0.1, 0.15) is 0 Å². The van der Waals surface area contributed by atoms with Gasteiger partial charge in [-0.3, -0.25) is 9.97 Å². The van der Waals surface area contributed by atoms with Crippen LogP contribution in [0.5, 0.6) is 0 Å². The van der Waals surface area contributed by atoms with E-state index in [4.69, 9.17) is 4.98 Å². The fourth-order valence-electron chi connectivity index (χ4n) is 3.64. The first-order valence-electron chi connectivity index (χ1n) is 10.7. The maximum atomic E-state index is 4.82. The van der Waals surface area contributed by atoms with E-state index >= 15 is 0 Å². The third kappa shape index (κ3) is 4.19. The minimum absolute atomic E-state index is 0.836. The zero-order valence-corrected chi connectivity index (χ0v) is 18.2. The van der Waals surface area contributed by atoms with Gasteiger partial charge in [-0.1, -0.05) is 77.9 Å². The van der Waals surface area contributed by atoms with E-state index in [0.29, 0.717) is 0 Å². The molecular formula is C29H23N3. The monoisotopic (exact) mass is 413 g/mol. The van der Waals surface area contributed by atoms with E-state index in [1.54, 1.807) is 0 Å². The summed E-state index contributed by atoms with van der Waals surface area (Å²) in [5.74, 6) is 0. The lowest BCUT2D eigenvalue weighted by Gasteiger charge is -2.07. The molecule has 0 atom stereocenters. The minimum Gasteiger partial charge on any atom is -0.254 e. The van der Waals surface area contributed by atoms with E-state index in [-0.39, 0.29) is 0 Å². The molecule has 0 radical (unpaired) electrons. The Morgan fingerprint density at radius 2 is 0.812 bits per heavy atom. The Balaban J connectivity index is 1.39. The van der Waals surface area contributed by atoms with Gasteiger partial charge >= 0.3 is 0 Å². The van der Waals surface area contributed by atoms with E-state index in [9.17, 15) is 0 Å². The summed E-state index contributed by atoms with van der Waals surface area (Å²) in [4.78, 5) is 14.1. The van der Waals surface area contributed by atoms with Gasteiger partial charge < -0.3 is 0 Å². The predicted octanol–water partition coefficient (Wildman–Crippen LogP) is 7.16. The molecule has 3 nitrogen and oxygen atoms in total. The quantitative estimate of drug-likeness (QED) is 0.314. The second-order valence-corrected chi connectivity index (χ2v) is 8.00. The maximum Gasteiger partial charge on any atom is 0.0894 e. The van der Waals surface area contributed by atoms with Crippen LogP contribution in [0.15, 0.2) is 103 Å². The second-order valence-electron chi connectivity index (χ2n) is 8.00. The van der Waals surface area contributed by atoms with Gasteiger partial charge in [-0.2, -0.15) is 0 Å². The summed E-state index contributed by atoms with van der Waals surface area (Å²) in [7, 11) is 0. The average Bonchev–Trinajstić information content (AvgIpc) is 2.85.